The number of allylic oxidation sites excluding steroid dienone is 6. The van der Waals surface area contributed by atoms with Crippen LogP contribution in [0.3, 0.4) is 0 Å². The van der Waals surface area contributed by atoms with Crippen molar-refractivity contribution in [3.05, 3.63) is 36.5 Å². The van der Waals surface area contributed by atoms with Crippen LogP contribution in [0.4, 0.5) is 0 Å². The third-order valence-electron chi connectivity index (χ3n) is 11.4. The topological polar surface area (TPSA) is 78.9 Å². The summed E-state index contributed by atoms with van der Waals surface area (Å²) in [6.45, 7) is 6.53. The summed E-state index contributed by atoms with van der Waals surface area (Å²) in [5.74, 6) is -0.881. The Balaban J connectivity index is 4.35. The van der Waals surface area contributed by atoms with Crippen molar-refractivity contribution < 1.29 is 28.6 Å². The quantitative estimate of drug-likeness (QED) is 0.0263. The van der Waals surface area contributed by atoms with E-state index in [1.807, 2.05) is 0 Å². The Morgan fingerprint density at radius 3 is 1.02 bits per heavy atom. The minimum absolute atomic E-state index is 0.0750. The van der Waals surface area contributed by atoms with E-state index in [1.165, 1.54) is 135 Å². The molecule has 0 rings (SSSR count). The molecule has 0 aromatic heterocycles. The van der Waals surface area contributed by atoms with Gasteiger partial charge in [0, 0.05) is 19.3 Å². The fourth-order valence-corrected chi connectivity index (χ4v) is 7.52. The number of hydrogen-bond acceptors (Lipinski definition) is 6. The largest absolute Gasteiger partial charge is 0.462 e. The minimum atomic E-state index is -0.775. The van der Waals surface area contributed by atoms with Crippen LogP contribution >= 0.6 is 0 Å². The van der Waals surface area contributed by atoms with Crippen LogP contribution in [0.15, 0.2) is 36.5 Å². The molecule has 0 aromatic carbocycles. The van der Waals surface area contributed by atoms with Gasteiger partial charge in [0.05, 0.1) is 0 Å². The molecule has 0 aliphatic carbocycles. The second-order valence-corrected chi connectivity index (χ2v) is 17.4. The van der Waals surface area contributed by atoms with E-state index in [2.05, 4.69) is 57.2 Å². The van der Waals surface area contributed by atoms with Gasteiger partial charge in [0.1, 0.15) is 13.2 Å². The zero-order valence-corrected chi connectivity index (χ0v) is 40.0. The van der Waals surface area contributed by atoms with E-state index in [1.54, 1.807) is 0 Å². The highest BCUT2D eigenvalue weighted by Crippen LogP contribution is 2.16. The van der Waals surface area contributed by atoms with Gasteiger partial charge in [-0.15, -0.1) is 0 Å². The first-order chi connectivity index (χ1) is 29.5. The predicted octanol–water partition coefficient (Wildman–Crippen LogP) is 16.9. The van der Waals surface area contributed by atoms with Crippen LogP contribution in [-0.4, -0.2) is 37.2 Å². The maximum Gasteiger partial charge on any atom is 0.306 e. The summed E-state index contributed by atoms with van der Waals surface area (Å²) in [5, 5.41) is 0. The molecule has 0 aromatic rings. The van der Waals surface area contributed by atoms with E-state index in [9.17, 15) is 14.4 Å². The third-order valence-corrected chi connectivity index (χ3v) is 11.4. The van der Waals surface area contributed by atoms with Gasteiger partial charge in [0.2, 0.25) is 0 Å². The molecule has 0 aliphatic heterocycles. The molecule has 0 saturated carbocycles. The first-order valence-electron chi connectivity index (χ1n) is 26.0. The normalized spacial score (nSPS) is 12.2. The number of rotatable bonds is 47. The zero-order chi connectivity index (χ0) is 43.7. The molecule has 0 radical (unpaired) electrons. The van der Waals surface area contributed by atoms with Crippen molar-refractivity contribution in [1.29, 1.82) is 0 Å². The zero-order valence-electron chi connectivity index (χ0n) is 40.0. The number of unbranched alkanes of at least 4 members (excludes halogenated alkanes) is 30. The third kappa shape index (κ3) is 46.7. The number of esters is 3. The van der Waals surface area contributed by atoms with Gasteiger partial charge in [-0.05, 0) is 51.4 Å². The van der Waals surface area contributed by atoms with Gasteiger partial charge in [-0.1, -0.05) is 237 Å². The summed E-state index contributed by atoms with van der Waals surface area (Å²) in [5.41, 5.74) is 0. The highest BCUT2D eigenvalue weighted by molar-refractivity contribution is 5.71. The van der Waals surface area contributed by atoms with Crippen molar-refractivity contribution in [2.45, 2.75) is 277 Å². The molecule has 0 aliphatic rings. The minimum Gasteiger partial charge on any atom is -0.462 e. The van der Waals surface area contributed by atoms with Crippen molar-refractivity contribution in [3.63, 3.8) is 0 Å². The number of ether oxygens (including phenoxy) is 3. The second kappa shape index (κ2) is 49.3. The predicted molar refractivity (Wildman–Crippen MR) is 256 cm³/mol. The first kappa shape index (κ1) is 57.6. The number of hydrogen-bond donors (Lipinski definition) is 0. The van der Waals surface area contributed by atoms with Gasteiger partial charge in [0.25, 0.3) is 0 Å². The SMILES string of the molecule is CC/C=C\C/C=C\C/C=C\CCCCCCCC(=O)O[C@H](COC(=O)CCCCCCCCCCCCC)COC(=O)CCCCCCCCCCCCCCCCCC. The number of carbonyl (C=O) groups is 3. The average Bonchev–Trinajstić information content (AvgIpc) is 3.24. The first-order valence-corrected chi connectivity index (χ1v) is 26.0. The molecule has 0 amide bonds. The van der Waals surface area contributed by atoms with Crippen molar-refractivity contribution >= 4 is 17.9 Å². The van der Waals surface area contributed by atoms with Crippen LogP contribution < -0.4 is 0 Å². The van der Waals surface area contributed by atoms with Crippen molar-refractivity contribution in [2.75, 3.05) is 13.2 Å². The molecule has 1 atom stereocenters. The van der Waals surface area contributed by atoms with E-state index in [0.29, 0.717) is 19.3 Å². The molecule has 60 heavy (non-hydrogen) atoms. The molecule has 0 N–H and O–H groups in total. The van der Waals surface area contributed by atoms with Crippen LogP contribution in [-0.2, 0) is 28.6 Å². The summed E-state index contributed by atoms with van der Waals surface area (Å²) in [6.07, 6.45) is 57.0. The molecule has 0 spiro atoms. The highest BCUT2D eigenvalue weighted by atomic mass is 16.6. The Kier molecular flexibility index (Phi) is 47.3. The Hall–Kier alpha value is -2.37. The number of carbonyl (C=O) groups excluding carboxylic acids is 3. The van der Waals surface area contributed by atoms with Crippen molar-refractivity contribution in [2.24, 2.45) is 0 Å². The van der Waals surface area contributed by atoms with Crippen molar-refractivity contribution in [3.8, 4) is 0 Å². The summed E-state index contributed by atoms with van der Waals surface area (Å²) < 4.78 is 16.8. The highest BCUT2D eigenvalue weighted by Gasteiger charge is 2.19. The smallest absolute Gasteiger partial charge is 0.306 e. The van der Waals surface area contributed by atoms with Gasteiger partial charge in [-0.3, -0.25) is 14.4 Å². The van der Waals surface area contributed by atoms with Gasteiger partial charge < -0.3 is 14.2 Å². The Labute approximate surface area is 372 Å². The van der Waals surface area contributed by atoms with Crippen LogP contribution in [0.5, 0.6) is 0 Å². The second-order valence-electron chi connectivity index (χ2n) is 17.4. The molecular formula is C54H98O6. The summed E-state index contributed by atoms with van der Waals surface area (Å²) in [7, 11) is 0. The summed E-state index contributed by atoms with van der Waals surface area (Å²) >= 11 is 0. The van der Waals surface area contributed by atoms with E-state index < -0.39 is 6.10 Å². The van der Waals surface area contributed by atoms with E-state index in [0.717, 1.165) is 96.3 Å². The standard InChI is InChI=1S/C54H98O6/c1-4-7-10-13-16-19-22-24-26-28-29-32-35-38-41-44-47-53(56)59-50-51(49-58-52(55)46-43-40-37-34-31-21-18-15-12-9-6-3)60-54(57)48-45-42-39-36-33-30-27-25-23-20-17-14-11-8-5-2/h8,11,17,20,25,27,51H,4-7,9-10,12-16,18-19,21-24,26,28-50H2,1-3H3/b11-8-,20-17-,27-25-/t51-/m1/s1. The average molecular weight is 843 g/mol. The Morgan fingerprint density at radius 2 is 0.650 bits per heavy atom. The van der Waals surface area contributed by atoms with Crippen LogP contribution in [0, 0.1) is 0 Å². The Bertz CT molecular complexity index is 1020. The maximum absolute atomic E-state index is 12.8. The van der Waals surface area contributed by atoms with Crippen LogP contribution in [0.2, 0.25) is 0 Å². The van der Waals surface area contributed by atoms with Gasteiger partial charge in [-0.25, -0.2) is 0 Å². The van der Waals surface area contributed by atoms with E-state index in [-0.39, 0.29) is 31.1 Å². The van der Waals surface area contributed by atoms with E-state index >= 15 is 0 Å². The molecule has 0 heterocycles. The lowest BCUT2D eigenvalue weighted by Crippen LogP contribution is -2.30. The van der Waals surface area contributed by atoms with Gasteiger partial charge in [0.15, 0.2) is 6.10 Å². The molecular weight excluding hydrogens is 745 g/mol. The molecule has 0 unspecified atom stereocenters. The van der Waals surface area contributed by atoms with Crippen molar-refractivity contribution in [1.82, 2.24) is 0 Å². The van der Waals surface area contributed by atoms with Gasteiger partial charge >= 0.3 is 17.9 Å². The molecule has 6 nitrogen and oxygen atoms in total. The molecule has 350 valence electrons. The fraction of sp³-hybridized carbons (Fsp3) is 0.833. The summed E-state index contributed by atoms with van der Waals surface area (Å²) in [6, 6.07) is 0. The maximum atomic E-state index is 12.8. The van der Waals surface area contributed by atoms with Crippen LogP contribution in [0.1, 0.15) is 271 Å². The lowest BCUT2D eigenvalue weighted by Gasteiger charge is -2.18. The molecule has 0 fully saturated rings. The lowest BCUT2D eigenvalue weighted by molar-refractivity contribution is -0.167. The monoisotopic (exact) mass is 843 g/mol. The van der Waals surface area contributed by atoms with Crippen LogP contribution in [0.25, 0.3) is 0 Å². The Morgan fingerprint density at radius 1 is 0.350 bits per heavy atom. The molecule has 0 saturated heterocycles. The fourth-order valence-electron chi connectivity index (χ4n) is 7.52. The molecule has 6 heteroatoms. The van der Waals surface area contributed by atoms with E-state index in [4.69, 9.17) is 14.2 Å². The lowest BCUT2D eigenvalue weighted by atomic mass is 10.0. The molecule has 0 bridgehead atoms. The van der Waals surface area contributed by atoms with Gasteiger partial charge in [-0.2, -0.15) is 0 Å². The summed E-state index contributed by atoms with van der Waals surface area (Å²) in [4.78, 5) is 37.9.